The van der Waals surface area contributed by atoms with Gasteiger partial charge in [0.2, 0.25) is 0 Å². The van der Waals surface area contributed by atoms with Crippen LogP contribution in [-0.2, 0) is 16.1 Å². The van der Waals surface area contributed by atoms with Crippen molar-refractivity contribution in [1.29, 1.82) is 0 Å². The second-order valence-electron chi connectivity index (χ2n) is 5.34. The fourth-order valence-corrected chi connectivity index (χ4v) is 2.33. The van der Waals surface area contributed by atoms with Crippen LogP contribution in [0.4, 0.5) is 5.69 Å². The van der Waals surface area contributed by atoms with Gasteiger partial charge in [-0.3, -0.25) is 4.79 Å². The van der Waals surface area contributed by atoms with E-state index in [2.05, 4.69) is 10.6 Å². The van der Waals surface area contributed by atoms with E-state index in [9.17, 15) is 9.59 Å². The fraction of sp³-hybridized carbons (Fsp3) is 0.263. The molecule has 0 spiro atoms. The summed E-state index contributed by atoms with van der Waals surface area (Å²) in [4.78, 5) is 24.0. The van der Waals surface area contributed by atoms with Crippen LogP contribution in [-0.4, -0.2) is 39.8 Å². The van der Waals surface area contributed by atoms with Gasteiger partial charge >= 0.3 is 5.97 Å². The minimum atomic E-state index is -0.559. The van der Waals surface area contributed by atoms with Gasteiger partial charge in [0.1, 0.15) is 0 Å². The molecule has 7 heteroatoms. The first-order valence-electron chi connectivity index (χ1n) is 8.00. The van der Waals surface area contributed by atoms with E-state index in [1.807, 2.05) is 6.07 Å². The highest BCUT2D eigenvalue weighted by atomic mass is 16.5. The zero-order chi connectivity index (χ0) is 18.9. The van der Waals surface area contributed by atoms with E-state index < -0.39 is 11.9 Å². The molecule has 0 aliphatic rings. The second-order valence-corrected chi connectivity index (χ2v) is 5.34. The van der Waals surface area contributed by atoms with E-state index in [0.717, 1.165) is 5.56 Å². The summed E-state index contributed by atoms with van der Waals surface area (Å²) in [5, 5.41) is 5.60. The van der Waals surface area contributed by atoms with Crippen molar-refractivity contribution in [2.24, 2.45) is 0 Å². The molecule has 0 bridgehead atoms. The molecule has 0 aliphatic carbocycles. The summed E-state index contributed by atoms with van der Waals surface area (Å²) >= 11 is 0. The number of hydrogen-bond acceptors (Lipinski definition) is 6. The fourth-order valence-electron chi connectivity index (χ4n) is 2.33. The monoisotopic (exact) mass is 358 g/mol. The van der Waals surface area contributed by atoms with Gasteiger partial charge in [-0.15, -0.1) is 0 Å². The molecule has 0 heterocycles. The second kappa shape index (κ2) is 9.31. The molecule has 26 heavy (non-hydrogen) atoms. The average Bonchev–Trinajstić information content (AvgIpc) is 2.69. The third-order valence-corrected chi connectivity index (χ3v) is 3.69. The Morgan fingerprint density at radius 2 is 1.73 bits per heavy atom. The van der Waals surface area contributed by atoms with Crippen LogP contribution in [0.1, 0.15) is 15.9 Å². The highest BCUT2D eigenvalue weighted by Crippen LogP contribution is 2.27. The maximum Gasteiger partial charge on any atom is 0.340 e. The van der Waals surface area contributed by atoms with Gasteiger partial charge in [-0.2, -0.15) is 0 Å². The van der Waals surface area contributed by atoms with Crippen LogP contribution in [0.25, 0.3) is 0 Å². The number of rotatable bonds is 8. The van der Waals surface area contributed by atoms with Crippen LogP contribution in [0.15, 0.2) is 42.5 Å². The Morgan fingerprint density at radius 3 is 2.42 bits per heavy atom. The summed E-state index contributed by atoms with van der Waals surface area (Å²) in [7, 11) is 4.81. The normalized spacial score (nSPS) is 9.96. The predicted molar refractivity (Wildman–Crippen MR) is 97.7 cm³/mol. The van der Waals surface area contributed by atoms with Crippen LogP contribution >= 0.6 is 0 Å². The molecule has 2 rings (SSSR count). The molecule has 0 saturated carbocycles. The van der Waals surface area contributed by atoms with E-state index in [-0.39, 0.29) is 13.2 Å². The summed E-state index contributed by atoms with van der Waals surface area (Å²) in [5.74, 6) is 0.236. The number of para-hydroxylation sites is 1. The molecule has 7 nitrogen and oxygen atoms in total. The molecule has 2 aromatic rings. The van der Waals surface area contributed by atoms with Crippen molar-refractivity contribution in [3.05, 3.63) is 53.6 Å². The van der Waals surface area contributed by atoms with Gasteiger partial charge in [0.05, 0.1) is 19.8 Å². The number of hydrogen-bond donors (Lipinski definition) is 2. The quantitative estimate of drug-likeness (QED) is 0.704. The molecular weight excluding hydrogens is 336 g/mol. The molecule has 1 amide bonds. The number of nitrogens with one attached hydrogen (secondary N) is 2. The SMILES string of the molecule is CNc1ccccc1C(=O)OCC(=O)NCc1ccc(OC)c(OC)c1. The third-order valence-electron chi connectivity index (χ3n) is 3.69. The predicted octanol–water partition coefficient (Wildman–Crippen LogP) is 2.22. The third kappa shape index (κ3) is 4.89. The Morgan fingerprint density at radius 1 is 1.00 bits per heavy atom. The van der Waals surface area contributed by atoms with Crippen molar-refractivity contribution in [1.82, 2.24) is 5.32 Å². The van der Waals surface area contributed by atoms with E-state index in [4.69, 9.17) is 14.2 Å². The maximum atomic E-state index is 12.1. The van der Waals surface area contributed by atoms with Gasteiger partial charge in [0.25, 0.3) is 5.91 Å². The number of carbonyl (C=O) groups excluding carboxylic acids is 2. The summed E-state index contributed by atoms with van der Waals surface area (Å²) in [6, 6.07) is 12.3. The largest absolute Gasteiger partial charge is 0.493 e. The first-order valence-corrected chi connectivity index (χ1v) is 8.00. The van der Waals surface area contributed by atoms with Gasteiger partial charge in [-0.05, 0) is 29.8 Å². The Kier molecular flexibility index (Phi) is 6.84. The number of benzene rings is 2. The van der Waals surface area contributed by atoms with E-state index in [1.54, 1.807) is 57.7 Å². The Balaban J connectivity index is 1.86. The van der Waals surface area contributed by atoms with Crippen molar-refractivity contribution >= 4 is 17.6 Å². The van der Waals surface area contributed by atoms with E-state index in [1.165, 1.54) is 0 Å². The first-order chi connectivity index (χ1) is 12.6. The van der Waals surface area contributed by atoms with Crippen molar-refractivity contribution in [2.45, 2.75) is 6.54 Å². The molecule has 0 fully saturated rings. The minimum Gasteiger partial charge on any atom is -0.493 e. The van der Waals surface area contributed by atoms with Gasteiger partial charge in [-0.25, -0.2) is 4.79 Å². The summed E-state index contributed by atoms with van der Waals surface area (Å²) < 4.78 is 15.5. The topological polar surface area (TPSA) is 85.9 Å². The van der Waals surface area contributed by atoms with E-state index >= 15 is 0 Å². The summed E-state index contributed by atoms with van der Waals surface area (Å²) in [6.07, 6.45) is 0. The first kappa shape index (κ1) is 19.1. The number of amides is 1. The maximum absolute atomic E-state index is 12.1. The zero-order valence-electron chi connectivity index (χ0n) is 15.0. The lowest BCUT2D eigenvalue weighted by atomic mass is 10.2. The molecule has 0 aliphatic heterocycles. The molecule has 2 N–H and O–H groups in total. The number of anilines is 1. The summed E-state index contributed by atoms with van der Waals surface area (Å²) in [5.41, 5.74) is 1.86. The lowest BCUT2D eigenvalue weighted by molar-refractivity contribution is -0.124. The van der Waals surface area contributed by atoms with Crippen LogP contribution in [0.2, 0.25) is 0 Å². The summed E-state index contributed by atoms with van der Waals surface area (Å²) in [6.45, 7) is -0.0754. The Bertz CT molecular complexity index is 776. The van der Waals surface area contributed by atoms with Crippen LogP contribution in [0.5, 0.6) is 11.5 Å². The average molecular weight is 358 g/mol. The molecule has 0 unspecified atom stereocenters. The molecule has 0 atom stereocenters. The zero-order valence-corrected chi connectivity index (χ0v) is 15.0. The van der Waals surface area contributed by atoms with Crippen molar-refractivity contribution in [2.75, 3.05) is 33.2 Å². The Labute approximate surface area is 152 Å². The van der Waals surface area contributed by atoms with Gasteiger partial charge in [0.15, 0.2) is 18.1 Å². The van der Waals surface area contributed by atoms with E-state index in [0.29, 0.717) is 22.7 Å². The van der Waals surface area contributed by atoms with Crippen molar-refractivity contribution in [3.63, 3.8) is 0 Å². The number of carbonyl (C=O) groups is 2. The Hall–Kier alpha value is -3.22. The minimum absolute atomic E-state index is 0.282. The van der Waals surface area contributed by atoms with Crippen LogP contribution in [0.3, 0.4) is 0 Å². The smallest absolute Gasteiger partial charge is 0.340 e. The van der Waals surface area contributed by atoms with Crippen molar-refractivity contribution < 1.29 is 23.8 Å². The molecular formula is C19H22N2O5. The van der Waals surface area contributed by atoms with Crippen molar-refractivity contribution in [3.8, 4) is 11.5 Å². The van der Waals surface area contributed by atoms with Gasteiger partial charge in [-0.1, -0.05) is 18.2 Å². The lowest BCUT2D eigenvalue weighted by Crippen LogP contribution is -2.28. The number of esters is 1. The molecule has 0 aromatic heterocycles. The molecule has 2 aromatic carbocycles. The standard InChI is InChI=1S/C19H22N2O5/c1-20-15-7-5-4-6-14(15)19(23)26-12-18(22)21-11-13-8-9-16(24-2)17(10-13)25-3/h4-10,20H,11-12H2,1-3H3,(H,21,22). The number of methoxy groups -OCH3 is 2. The molecule has 0 saturated heterocycles. The lowest BCUT2D eigenvalue weighted by Gasteiger charge is -2.11. The molecule has 0 radical (unpaired) electrons. The highest BCUT2D eigenvalue weighted by Gasteiger charge is 2.13. The van der Waals surface area contributed by atoms with Crippen LogP contribution in [0, 0.1) is 0 Å². The van der Waals surface area contributed by atoms with Crippen LogP contribution < -0.4 is 20.1 Å². The van der Waals surface area contributed by atoms with Gasteiger partial charge in [0, 0.05) is 19.3 Å². The number of ether oxygens (including phenoxy) is 3. The highest BCUT2D eigenvalue weighted by molar-refractivity contribution is 5.96. The van der Waals surface area contributed by atoms with Gasteiger partial charge < -0.3 is 24.8 Å². The molecule has 138 valence electrons.